The van der Waals surface area contributed by atoms with Crippen LogP contribution in [0.2, 0.25) is 0 Å². The van der Waals surface area contributed by atoms with E-state index in [0.29, 0.717) is 35.5 Å². The SMILES string of the molecule is CCOc1cc(/C=C2\NC(=S)N(C3CCCCC3)C2=O)cc(Br)c1OCc1ccc(C)cc1. The van der Waals surface area contributed by atoms with Crippen LogP contribution in [0.3, 0.4) is 0 Å². The standard InChI is InChI=1S/C26H29BrN2O3S/c1-3-31-23-15-19(13-21(27)24(23)32-16-18-11-9-17(2)10-12-18)14-22-25(30)29(26(33)28-22)20-7-5-4-6-8-20/h9-15,20H,3-8,16H2,1-2H3,(H,28,33)/b22-14-. The van der Waals surface area contributed by atoms with E-state index < -0.39 is 0 Å². The molecule has 1 saturated heterocycles. The van der Waals surface area contributed by atoms with E-state index in [1.54, 1.807) is 4.90 Å². The Morgan fingerprint density at radius 2 is 1.88 bits per heavy atom. The fraction of sp³-hybridized carbons (Fsp3) is 0.385. The highest BCUT2D eigenvalue weighted by atomic mass is 79.9. The molecule has 0 bridgehead atoms. The second-order valence-electron chi connectivity index (χ2n) is 8.49. The Morgan fingerprint density at radius 3 is 2.58 bits per heavy atom. The van der Waals surface area contributed by atoms with Crippen LogP contribution >= 0.6 is 28.1 Å². The molecule has 1 heterocycles. The molecule has 174 valence electrons. The largest absolute Gasteiger partial charge is 0.490 e. The number of hydrogen-bond acceptors (Lipinski definition) is 4. The van der Waals surface area contributed by atoms with E-state index in [4.69, 9.17) is 21.7 Å². The molecular weight excluding hydrogens is 500 g/mol. The molecule has 2 fully saturated rings. The normalized spacial score (nSPS) is 18.0. The van der Waals surface area contributed by atoms with Crippen molar-refractivity contribution in [3.63, 3.8) is 0 Å². The summed E-state index contributed by atoms with van der Waals surface area (Å²) >= 11 is 9.12. The molecule has 1 amide bonds. The molecular formula is C26H29BrN2O3S. The predicted molar refractivity (Wildman–Crippen MR) is 138 cm³/mol. The number of carbonyl (C=O) groups excluding carboxylic acids is 1. The molecule has 1 aliphatic heterocycles. The van der Waals surface area contributed by atoms with Crippen molar-refractivity contribution in [3.8, 4) is 11.5 Å². The zero-order valence-corrected chi connectivity index (χ0v) is 21.4. The predicted octanol–water partition coefficient (Wildman–Crippen LogP) is 6.13. The lowest BCUT2D eigenvalue weighted by Gasteiger charge is -2.29. The highest BCUT2D eigenvalue weighted by Gasteiger charge is 2.36. The number of aryl methyl sites for hydroxylation is 1. The van der Waals surface area contributed by atoms with Crippen LogP contribution < -0.4 is 14.8 Å². The molecule has 1 aliphatic carbocycles. The first-order valence-corrected chi connectivity index (χ1v) is 12.7. The van der Waals surface area contributed by atoms with Gasteiger partial charge in [0.2, 0.25) is 0 Å². The van der Waals surface area contributed by atoms with Crippen molar-refractivity contribution in [1.82, 2.24) is 10.2 Å². The first kappa shape index (κ1) is 23.8. The molecule has 4 rings (SSSR count). The molecule has 1 saturated carbocycles. The number of benzene rings is 2. The van der Waals surface area contributed by atoms with Crippen molar-refractivity contribution in [2.24, 2.45) is 0 Å². The minimum atomic E-state index is -0.0549. The summed E-state index contributed by atoms with van der Waals surface area (Å²) in [6, 6.07) is 12.3. The van der Waals surface area contributed by atoms with Crippen molar-refractivity contribution in [2.45, 2.75) is 58.6 Å². The van der Waals surface area contributed by atoms with Gasteiger partial charge in [-0.15, -0.1) is 0 Å². The average Bonchev–Trinajstić information content (AvgIpc) is 3.08. The van der Waals surface area contributed by atoms with Crippen LogP contribution in [0.4, 0.5) is 0 Å². The van der Waals surface area contributed by atoms with Gasteiger partial charge in [-0.25, -0.2) is 0 Å². The Balaban J connectivity index is 1.55. The Morgan fingerprint density at radius 1 is 1.15 bits per heavy atom. The van der Waals surface area contributed by atoms with Gasteiger partial charge < -0.3 is 14.8 Å². The number of ether oxygens (including phenoxy) is 2. The molecule has 5 nitrogen and oxygen atoms in total. The van der Waals surface area contributed by atoms with E-state index in [9.17, 15) is 4.79 Å². The molecule has 0 unspecified atom stereocenters. The van der Waals surface area contributed by atoms with Gasteiger partial charge in [-0.2, -0.15) is 0 Å². The van der Waals surface area contributed by atoms with E-state index in [1.165, 1.54) is 12.0 Å². The molecule has 33 heavy (non-hydrogen) atoms. The topological polar surface area (TPSA) is 50.8 Å². The van der Waals surface area contributed by atoms with Crippen LogP contribution in [0.5, 0.6) is 11.5 Å². The first-order valence-electron chi connectivity index (χ1n) is 11.5. The number of hydrogen-bond donors (Lipinski definition) is 1. The van der Waals surface area contributed by atoms with E-state index in [0.717, 1.165) is 41.3 Å². The number of rotatable bonds is 7. The van der Waals surface area contributed by atoms with Crippen molar-refractivity contribution in [3.05, 3.63) is 63.3 Å². The lowest BCUT2D eigenvalue weighted by Crippen LogP contribution is -2.41. The van der Waals surface area contributed by atoms with Crippen LogP contribution in [-0.2, 0) is 11.4 Å². The summed E-state index contributed by atoms with van der Waals surface area (Å²) in [5.41, 5.74) is 3.62. The number of amides is 1. The van der Waals surface area contributed by atoms with Gasteiger partial charge in [0, 0.05) is 6.04 Å². The molecule has 2 aromatic carbocycles. The minimum absolute atomic E-state index is 0.0549. The van der Waals surface area contributed by atoms with Crippen molar-refractivity contribution in [1.29, 1.82) is 0 Å². The number of halogens is 1. The zero-order chi connectivity index (χ0) is 23.4. The van der Waals surface area contributed by atoms with Gasteiger partial charge in [0.1, 0.15) is 12.3 Å². The molecule has 0 radical (unpaired) electrons. The van der Waals surface area contributed by atoms with Gasteiger partial charge in [-0.1, -0.05) is 49.1 Å². The highest BCUT2D eigenvalue weighted by molar-refractivity contribution is 9.10. The van der Waals surface area contributed by atoms with Crippen LogP contribution in [-0.4, -0.2) is 28.6 Å². The van der Waals surface area contributed by atoms with Crippen LogP contribution in [0.15, 0.2) is 46.6 Å². The van der Waals surface area contributed by atoms with Gasteiger partial charge in [-0.05, 0) is 84.2 Å². The summed E-state index contributed by atoms with van der Waals surface area (Å²) in [6.45, 7) is 4.94. The maximum Gasteiger partial charge on any atom is 0.276 e. The monoisotopic (exact) mass is 528 g/mol. The second kappa shape index (κ2) is 10.7. The van der Waals surface area contributed by atoms with Gasteiger partial charge in [0.15, 0.2) is 16.6 Å². The lowest BCUT2D eigenvalue weighted by molar-refractivity contribution is -0.124. The van der Waals surface area contributed by atoms with Crippen molar-refractivity contribution < 1.29 is 14.3 Å². The van der Waals surface area contributed by atoms with E-state index in [-0.39, 0.29) is 11.9 Å². The van der Waals surface area contributed by atoms with E-state index in [1.807, 2.05) is 25.1 Å². The first-order chi connectivity index (χ1) is 16.0. The van der Waals surface area contributed by atoms with Crippen molar-refractivity contribution >= 4 is 45.2 Å². The maximum atomic E-state index is 13.1. The fourth-order valence-electron chi connectivity index (χ4n) is 4.30. The number of thiocarbonyl (C=S) groups is 1. The number of nitrogens with one attached hydrogen (secondary N) is 1. The molecule has 0 atom stereocenters. The summed E-state index contributed by atoms with van der Waals surface area (Å²) in [7, 11) is 0. The van der Waals surface area contributed by atoms with Gasteiger partial charge >= 0.3 is 0 Å². The van der Waals surface area contributed by atoms with Gasteiger partial charge in [0.05, 0.1) is 11.1 Å². The molecule has 1 N–H and O–H groups in total. The smallest absolute Gasteiger partial charge is 0.276 e. The molecule has 7 heteroatoms. The summed E-state index contributed by atoms with van der Waals surface area (Å²) < 4.78 is 12.7. The Hall–Kier alpha value is -2.38. The second-order valence-corrected chi connectivity index (χ2v) is 9.73. The van der Waals surface area contributed by atoms with E-state index in [2.05, 4.69) is 52.4 Å². The Bertz CT molecular complexity index is 1060. The third-order valence-electron chi connectivity index (χ3n) is 6.00. The summed E-state index contributed by atoms with van der Waals surface area (Å²) in [5.74, 6) is 1.22. The quantitative estimate of drug-likeness (QED) is 0.346. The lowest BCUT2D eigenvalue weighted by atomic mass is 9.94. The summed E-state index contributed by atoms with van der Waals surface area (Å²) in [6.07, 6.45) is 7.36. The highest BCUT2D eigenvalue weighted by Crippen LogP contribution is 2.38. The summed E-state index contributed by atoms with van der Waals surface area (Å²) in [5, 5.41) is 3.62. The van der Waals surface area contributed by atoms with Crippen LogP contribution in [0, 0.1) is 6.92 Å². The number of nitrogens with zero attached hydrogens (tertiary/aromatic N) is 1. The third-order valence-corrected chi connectivity index (χ3v) is 6.88. The third kappa shape index (κ3) is 5.58. The van der Waals surface area contributed by atoms with Crippen molar-refractivity contribution in [2.75, 3.05) is 6.61 Å². The van der Waals surface area contributed by atoms with Gasteiger partial charge in [-0.3, -0.25) is 9.69 Å². The number of carbonyl (C=O) groups is 1. The maximum absolute atomic E-state index is 13.1. The molecule has 2 aromatic rings. The molecule has 2 aliphatic rings. The molecule has 0 aromatic heterocycles. The summed E-state index contributed by atoms with van der Waals surface area (Å²) in [4.78, 5) is 14.9. The molecule has 0 spiro atoms. The Labute approximate surface area is 209 Å². The van der Waals surface area contributed by atoms with E-state index >= 15 is 0 Å². The van der Waals surface area contributed by atoms with Crippen LogP contribution in [0.25, 0.3) is 6.08 Å². The average molecular weight is 530 g/mol. The Kier molecular flexibility index (Phi) is 7.71. The minimum Gasteiger partial charge on any atom is -0.490 e. The van der Waals surface area contributed by atoms with Crippen LogP contribution in [0.1, 0.15) is 55.7 Å². The zero-order valence-electron chi connectivity index (χ0n) is 19.0. The fourth-order valence-corrected chi connectivity index (χ4v) is 5.22. The van der Waals surface area contributed by atoms with Gasteiger partial charge in [0.25, 0.3) is 5.91 Å².